The van der Waals surface area contributed by atoms with Crippen LogP contribution in [0.4, 0.5) is 26.0 Å². The molecule has 1 aromatic heterocycles. The van der Waals surface area contributed by atoms with Crippen LogP contribution >= 0.6 is 0 Å². The summed E-state index contributed by atoms with van der Waals surface area (Å²) in [7, 11) is 0. The number of aliphatic hydroxyl groups is 1. The molecule has 37 heavy (non-hydrogen) atoms. The van der Waals surface area contributed by atoms with Gasteiger partial charge >= 0.3 is 0 Å². The summed E-state index contributed by atoms with van der Waals surface area (Å²) in [5, 5.41) is 22.7. The van der Waals surface area contributed by atoms with Crippen LogP contribution in [-0.4, -0.2) is 33.5 Å². The van der Waals surface area contributed by atoms with Gasteiger partial charge in [-0.15, -0.1) is 0 Å². The van der Waals surface area contributed by atoms with E-state index >= 15 is 0 Å². The fourth-order valence-corrected chi connectivity index (χ4v) is 4.76. The number of likely N-dealkylation sites (N-methyl/N-ethyl adjacent to an activating group) is 1. The fraction of sp³-hybridized carbons (Fsp3) is 0.214. The van der Waals surface area contributed by atoms with Crippen molar-refractivity contribution in [3.05, 3.63) is 107 Å². The lowest BCUT2D eigenvalue weighted by atomic mass is 9.83. The Balaban J connectivity index is 1.52. The number of hydrogen-bond acceptors (Lipinski definition) is 5. The molecule has 0 spiro atoms. The van der Waals surface area contributed by atoms with Gasteiger partial charge in [-0.2, -0.15) is 5.10 Å². The van der Waals surface area contributed by atoms with Gasteiger partial charge in [-0.1, -0.05) is 24.3 Å². The number of halogens is 2. The second-order valence-electron chi connectivity index (χ2n) is 8.86. The van der Waals surface area contributed by atoms with E-state index in [0.717, 1.165) is 11.4 Å². The van der Waals surface area contributed by atoms with E-state index in [1.54, 1.807) is 35.1 Å². The van der Waals surface area contributed by atoms with Crippen LogP contribution in [0.3, 0.4) is 0 Å². The van der Waals surface area contributed by atoms with Crippen molar-refractivity contribution >= 4 is 23.1 Å². The number of carbonyl (C=O) groups is 1. The van der Waals surface area contributed by atoms with Gasteiger partial charge in [0.15, 0.2) is 11.4 Å². The van der Waals surface area contributed by atoms with Crippen molar-refractivity contribution in [2.45, 2.75) is 32.2 Å². The molecule has 0 bridgehead atoms. The molecule has 7 nitrogen and oxygen atoms in total. The Kier molecular flexibility index (Phi) is 6.39. The van der Waals surface area contributed by atoms with Gasteiger partial charge in [-0.3, -0.25) is 9.48 Å². The predicted octanol–water partition coefficient (Wildman–Crippen LogP) is 4.95. The van der Waals surface area contributed by atoms with Crippen molar-refractivity contribution in [2.24, 2.45) is 0 Å². The van der Waals surface area contributed by atoms with E-state index in [-0.39, 0.29) is 5.91 Å². The van der Waals surface area contributed by atoms with Gasteiger partial charge in [0.2, 0.25) is 0 Å². The highest BCUT2D eigenvalue weighted by atomic mass is 19.1. The van der Waals surface area contributed by atoms with Crippen molar-refractivity contribution in [3.63, 3.8) is 0 Å². The fourth-order valence-electron chi connectivity index (χ4n) is 4.76. The number of aromatic nitrogens is 2. The average molecular weight is 504 g/mol. The maximum absolute atomic E-state index is 13.8. The molecule has 5 rings (SSSR count). The molecule has 1 atom stereocenters. The Morgan fingerprint density at radius 2 is 1.59 bits per heavy atom. The Bertz CT molecular complexity index is 1370. The highest BCUT2D eigenvalue weighted by Gasteiger charge is 2.47. The minimum absolute atomic E-state index is 0.309. The summed E-state index contributed by atoms with van der Waals surface area (Å²) in [4.78, 5) is 14.9. The third kappa shape index (κ3) is 4.42. The standard InChI is InChI=1S/C28H27F2N5O2/c1-3-34-16-15-25(33-34)32-26(36)18-5-14-23-24(17-18)35(4-2)27(31-23)28(37,19-6-10-21(29)11-7-19)20-8-12-22(30)13-9-20/h5-17,27,31,37H,3-4H2,1-2H3,(H,32,33,36). The molecule has 190 valence electrons. The maximum Gasteiger partial charge on any atom is 0.256 e. The number of carbonyl (C=O) groups excluding carboxylic acids is 1. The predicted molar refractivity (Wildman–Crippen MR) is 139 cm³/mol. The summed E-state index contributed by atoms with van der Waals surface area (Å²) in [6.45, 7) is 5.07. The van der Waals surface area contributed by atoms with Crippen LogP contribution in [0.15, 0.2) is 79.0 Å². The summed E-state index contributed by atoms with van der Waals surface area (Å²) in [6, 6.07) is 18.2. The monoisotopic (exact) mass is 503 g/mol. The zero-order valence-electron chi connectivity index (χ0n) is 20.5. The largest absolute Gasteiger partial charge is 0.376 e. The number of anilines is 3. The number of nitrogens with one attached hydrogen (secondary N) is 2. The van der Waals surface area contributed by atoms with E-state index in [9.17, 15) is 18.7 Å². The van der Waals surface area contributed by atoms with Crippen molar-refractivity contribution in [1.82, 2.24) is 9.78 Å². The summed E-state index contributed by atoms with van der Waals surface area (Å²) in [6.07, 6.45) is 1.07. The van der Waals surface area contributed by atoms with E-state index in [1.807, 2.05) is 18.7 Å². The van der Waals surface area contributed by atoms with Crippen LogP contribution in [0.2, 0.25) is 0 Å². The Hall–Kier alpha value is -4.24. The SMILES string of the molecule is CCN1c2cc(C(=O)Nc3ccn(CC)n3)ccc2NC1C(O)(c1ccc(F)cc1)c1ccc(F)cc1. The van der Waals surface area contributed by atoms with Crippen LogP contribution < -0.4 is 15.5 Å². The molecule has 3 aromatic carbocycles. The number of fused-ring (bicyclic) bond motifs is 1. The number of nitrogens with zero attached hydrogens (tertiary/aromatic N) is 3. The Morgan fingerprint density at radius 3 is 2.14 bits per heavy atom. The smallest absolute Gasteiger partial charge is 0.256 e. The molecule has 1 unspecified atom stereocenters. The van der Waals surface area contributed by atoms with E-state index < -0.39 is 23.4 Å². The maximum atomic E-state index is 13.8. The van der Waals surface area contributed by atoms with Gasteiger partial charge in [0.25, 0.3) is 5.91 Å². The van der Waals surface area contributed by atoms with E-state index in [1.165, 1.54) is 48.5 Å². The van der Waals surface area contributed by atoms with Crippen molar-refractivity contribution in [2.75, 3.05) is 22.1 Å². The van der Waals surface area contributed by atoms with Crippen LogP contribution in [-0.2, 0) is 12.1 Å². The molecule has 0 aliphatic carbocycles. The first-order chi connectivity index (χ1) is 17.8. The number of hydrogen-bond donors (Lipinski definition) is 3. The quantitative estimate of drug-likeness (QED) is 0.333. The Morgan fingerprint density at radius 1 is 0.973 bits per heavy atom. The molecular formula is C28H27F2N5O2. The van der Waals surface area contributed by atoms with Crippen LogP contribution in [0.1, 0.15) is 35.3 Å². The molecule has 2 heterocycles. The summed E-state index contributed by atoms with van der Waals surface area (Å²) in [5.74, 6) is -0.715. The molecular weight excluding hydrogens is 476 g/mol. The lowest BCUT2D eigenvalue weighted by Crippen LogP contribution is -2.53. The topological polar surface area (TPSA) is 82.4 Å². The second kappa shape index (κ2) is 9.67. The molecule has 0 fully saturated rings. The number of benzene rings is 3. The first-order valence-corrected chi connectivity index (χ1v) is 12.1. The van der Waals surface area contributed by atoms with Gasteiger partial charge in [0.1, 0.15) is 17.8 Å². The second-order valence-corrected chi connectivity index (χ2v) is 8.86. The normalized spacial score (nSPS) is 14.8. The summed E-state index contributed by atoms with van der Waals surface area (Å²) < 4.78 is 29.2. The van der Waals surface area contributed by atoms with Crippen molar-refractivity contribution in [3.8, 4) is 0 Å². The number of aryl methyl sites for hydroxylation is 1. The van der Waals surface area contributed by atoms with E-state index in [2.05, 4.69) is 15.7 Å². The van der Waals surface area contributed by atoms with E-state index in [4.69, 9.17) is 0 Å². The summed E-state index contributed by atoms with van der Waals surface area (Å²) >= 11 is 0. The third-order valence-corrected chi connectivity index (χ3v) is 6.68. The number of rotatable bonds is 7. The molecule has 9 heteroatoms. The molecule has 0 saturated carbocycles. The molecule has 0 radical (unpaired) electrons. The first kappa shape index (κ1) is 24.5. The molecule has 4 aromatic rings. The highest BCUT2D eigenvalue weighted by Crippen LogP contribution is 2.44. The molecule has 1 amide bonds. The van der Waals surface area contributed by atoms with E-state index in [0.29, 0.717) is 35.6 Å². The summed E-state index contributed by atoms with van der Waals surface area (Å²) in [5.41, 5.74) is 1.08. The van der Waals surface area contributed by atoms with Gasteiger partial charge < -0.3 is 20.6 Å². The first-order valence-electron chi connectivity index (χ1n) is 12.1. The zero-order valence-corrected chi connectivity index (χ0v) is 20.5. The van der Waals surface area contributed by atoms with Crippen LogP contribution in [0.5, 0.6) is 0 Å². The lowest BCUT2D eigenvalue weighted by Gasteiger charge is -2.40. The number of amides is 1. The van der Waals surface area contributed by atoms with Gasteiger partial charge in [0, 0.05) is 30.9 Å². The van der Waals surface area contributed by atoms with Gasteiger partial charge in [-0.05, 0) is 67.4 Å². The average Bonchev–Trinajstić information content (AvgIpc) is 3.52. The molecule has 3 N–H and O–H groups in total. The van der Waals surface area contributed by atoms with Crippen molar-refractivity contribution < 1.29 is 18.7 Å². The van der Waals surface area contributed by atoms with Crippen LogP contribution in [0, 0.1) is 11.6 Å². The zero-order chi connectivity index (χ0) is 26.2. The van der Waals surface area contributed by atoms with Gasteiger partial charge in [-0.25, -0.2) is 8.78 Å². The van der Waals surface area contributed by atoms with Crippen molar-refractivity contribution in [1.29, 1.82) is 0 Å². The molecule has 1 aliphatic heterocycles. The lowest BCUT2D eigenvalue weighted by molar-refractivity contribution is 0.0596. The molecule has 1 aliphatic rings. The highest BCUT2D eigenvalue weighted by molar-refractivity contribution is 6.05. The minimum atomic E-state index is -1.67. The minimum Gasteiger partial charge on any atom is -0.376 e. The van der Waals surface area contributed by atoms with Crippen LogP contribution in [0.25, 0.3) is 0 Å². The van der Waals surface area contributed by atoms with Gasteiger partial charge in [0.05, 0.1) is 11.4 Å². The third-order valence-electron chi connectivity index (χ3n) is 6.68. The molecule has 0 saturated heterocycles. The Labute approximate surface area is 213 Å².